The van der Waals surface area contributed by atoms with Crippen molar-refractivity contribution in [3.63, 3.8) is 0 Å². The summed E-state index contributed by atoms with van der Waals surface area (Å²) in [6.45, 7) is 1.47. The van der Waals surface area contributed by atoms with E-state index in [0.29, 0.717) is 5.69 Å². The van der Waals surface area contributed by atoms with E-state index in [9.17, 15) is 9.59 Å². The van der Waals surface area contributed by atoms with Gasteiger partial charge in [0.2, 0.25) is 0 Å². The van der Waals surface area contributed by atoms with Gasteiger partial charge in [-0.15, -0.1) is 0 Å². The van der Waals surface area contributed by atoms with Crippen molar-refractivity contribution in [1.82, 2.24) is 5.32 Å². The topological polar surface area (TPSA) is 98.7 Å². The summed E-state index contributed by atoms with van der Waals surface area (Å²) in [4.78, 5) is 21.8. The van der Waals surface area contributed by atoms with Gasteiger partial charge < -0.3 is 20.8 Å². The van der Waals surface area contributed by atoms with Crippen molar-refractivity contribution >= 4 is 33.6 Å². The lowest BCUT2D eigenvalue weighted by atomic mass is 10.2. The van der Waals surface area contributed by atoms with Crippen LogP contribution in [-0.2, 0) is 4.79 Å². The van der Waals surface area contributed by atoms with Crippen LogP contribution in [0.3, 0.4) is 0 Å². The van der Waals surface area contributed by atoms with Crippen LogP contribution in [0.1, 0.15) is 5.56 Å². The van der Waals surface area contributed by atoms with Gasteiger partial charge in [-0.05, 0) is 24.6 Å². The predicted octanol–water partition coefficient (Wildman–Crippen LogP) is 1.32. The molecule has 7 heteroatoms. The second-order valence-corrected chi connectivity index (χ2v) is 4.46. The van der Waals surface area contributed by atoms with Crippen molar-refractivity contribution < 1.29 is 19.8 Å². The summed E-state index contributed by atoms with van der Waals surface area (Å²) >= 11 is 3.33. The standard InChI is InChI=1S/C11H13BrN2O4/c1-6-7(12)3-2-4-8(6)14-11(18)13-5-9(15)10(16)17/h2-4,9,15H,5H2,1H3,(H,16,17)(H2,13,14,18). The van der Waals surface area contributed by atoms with E-state index in [1.54, 1.807) is 12.1 Å². The second kappa shape index (κ2) is 6.36. The first-order chi connectivity index (χ1) is 8.41. The van der Waals surface area contributed by atoms with E-state index in [1.807, 2.05) is 13.0 Å². The molecule has 4 N–H and O–H groups in total. The van der Waals surface area contributed by atoms with E-state index in [1.165, 1.54) is 0 Å². The van der Waals surface area contributed by atoms with Crippen LogP contribution in [0.4, 0.5) is 10.5 Å². The highest BCUT2D eigenvalue weighted by Crippen LogP contribution is 2.23. The van der Waals surface area contributed by atoms with E-state index in [4.69, 9.17) is 10.2 Å². The maximum Gasteiger partial charge on any atom is 0.334 e. The maximum atomic E-state index is 11.5. The third-order valence-electron chi connectivity index (χ3n) is 2.26. The molecule has 18 heavy (non-hydrogen) atoms. The van der Waals surface area contributed by atoms with Crippen molar-refractivity contribution in [2.75, 3.05) is 11.9 Å². The van der Waals surface area contributed by atoms with Crippen LogP contribution in [0, 0.1) is 6.92 Å². The highest BCUT2D eigenvalue weighted by Gasteiger charge is 2.14. The first-order valence-corrected chi connectivity index (χ1v) is 5.92. The Kier molecular flexibility index (Phi) is 5.11. The third kappa shape index (κ3) is 4.01. The molecule has 0 aromatic heterocycles. The number of anilines is 1. The number of carboxylic acid groups (broad SMARTS) is 1. The molecule has 1 atom stereocenters. The number of hydrogen-bond donors (Lipinski definition) is 4. The molecule has 0 bridgehead atoms. The molecule has 0 aliphatic carbocycles. The van der Waals surface area contributed by atoms with Crippen molar-refractivity contribution in [2.45, 2.75) is 13.0 Å². The number of aliphatic hydroxyl groups is 1. The average molecular weight is 317 g/mol. The van der Waals surface area contributed by atoms with E-state index < -0.39 is 18.1 Å². The van der Waals surface area contributed by atoms with Crippen LogP contribution in [0.2, 0.25) is 0 Å². The molecule has 0 aliphatic heterocycles. The number of rotatable bonds is 4. The molecule has 98 valence electrons. The van der Waals surface area contributed by atoms with Crippen LogP contribution in [0.25, 0.3) is 0 Å². The summed E-state index contributed by atoms with van der Waals surface area (Å²) in [5.41, 5.74) is 1.46. The van der Waals surface area contributed by atoms with Gasteiger partial charge in [-0.1, -0.05) is 22.0 Å². The molecule has 6 nitrogen and oxygen atoms in total. The van der Waals surface area contributed by atoms with Crippen LogP contribution in [0.15, 0.2) is 22.7 Å². The van der Waals surface area contributed by atoms with Gasteiger partial charge in [0.15, 0.2) is 6.10 Å². The smallest absolute Gasteiger partial charge is 0.334 e. The number of hydrogen-bond acceptors (Lipinski definition) is 3. The van der Waals surface area contributed by atoms with Crippen molar-refractivity contribution in [2.24, 2.45) is 0 Å². The molecule has 1 aromatic carbocycles. The number of carbonyl (C=O) groups excluding carboxylic acids is 1. The van der Waals surface area contributed by atoms with Gasteiger partial charge in [0.05, 0.1) is 6.54 Å². The van der Waals surface area contributed by atoms with Gasteiger partial charge in [0.25, 0.3) is 0 Å². The number of carbonyl (C=O) groups is 2. The van der Waals surface area contributed by atoms with Gasteiger partial charge in [-0.2, -0.15) is 0 Å². The molecule has 0 aliphatic rings. The molecule has 0 heterocycles. The molecule has 0 saturated carbocycles. The lowest BCUT2D eigenvalue weighted by molar-refractivity contribution is -0.146. The lowest BCUT2D eigenvalue weighted by Crippen LogP contribution is -2.38. The summed E-state index contributed by atoms with van der Waals surface area (Å²) in [5.74, 6) is -1.38. The van der Waals surface area contributed by atoms with Gasteiger partial charge in [-0.3, -0.25) is 0 Å². The zero-order valence-corrected chi connectivity index (χ0v) is 11.2. The number of amides is 2. The fraction of sp³-hybridized carbons (Fsp3) is 0.273. The predicted molar refractivity (Wildman–Crippen MR) is 69.5 cm³/mol. The molecule has 0 fully saturated rings. The Balaban J connectivity index is 2.55. The van der Waals surface area contributed by atoms with Crippen molar-refractivity contribution in [3.8, 4) is 0 Å². The molecule has 0 radical (unpaired) electrons. The fourth-order valence-electron chi connectivity index (χ4n) is 1.19. The first kappa shape index (κ1) is 14.5. The molecule has 1 aromatic rings. The molecule has 1 rings (SSSR count). The molecular formula is C11H13BrN2O4. The summed E-state index contributed by atoms with van der Waals surface area (Å²) in [6, 6.07) is 4.75. The Morgan fingerprint density at radius 2 is 2.11 bits per heavy atom. The zero-order chi connectivity index (χ0) is 13.7. The quantitative estimate of drug-likeness (QED) is 0.673. The average Bonchev–Trinajstić information content (AvgIpc) is 2.32. The summed E-state index contributed by atoms with van der Waals surface area (Å²) < 4.78 is 0.853. The summed E-state index contributed by atoms with van der Waals surface area (Å²) in [5, 5.41) is 22.3. The number of nitrogens with one attached hydrogen (secondary N) is 2. The fourth-order valence-corrected chi connectivity index (χ4v) is 1.55. The van der Waals surface area contributed by atoms with Crippen molar-refractivity contribution in [1.29, 1.82) is 0 Å². The molecular weight excluding hydrogens is 304 g/mol. The highest BCUT2D eigenvalue weighted by atomic mass is 79.9. The Morgan fingerprint density at radius 1 is 1.44 bits per heavy atom. The second-order valence-electron chi connectivity index (χ2n) is 3.60. The Bertz CT molecular complexity index is 464. The number of urea groups is 1. The van der Waals surface area contributed by atoms with Gasteiger partial charge in [-0.25, -0.2) is 9.59 Å². The summed E-state index contributed by atoms with van der Waals surface area (Å²) in [6.07, 6.45) is -1.61. The van der Waals surface area contributed by atoms with E-state index >= 15 is 0 Å². The van der Waals surface area contributed by atoms with E-state index in [2.05, 4.69) is 26.6 Å². The number of halogens is 1. The molecule has 2 amide bonds. The van der Waals surface area contributed by atoms with Gasteiger partial charge in [0, 0.05) is 10.2 Å². The Morgan fingerprint density at radius 3 is 2.72 bits per heavy atom. The Hall–Kier alpha value is -1.60. The largest absolute Gasteiger partial charge is 0.479 e. The third-order valence-corrected chi connectivity index (χ3v) is 3.12. The van der Waals surface area contributed by atoms with Crippen LogP contribution in [-0.4, -0.2) is 34.9 Å². The molecule has 1 unspecified atom stereocenters. The van der Waals surface area contributed by atoms with Gasteiger partial charge in [0.1, 0.15) is 0 Å². The first-order valence-electron chi connectivity index (χ1n) is 5.12. The van der Waals surface area contributed by atoms with Crippen molar-refractivity contribution in [3.05, 3.63) is 28.2 Å². The van der Waals surface area contributed by atoms with Gasteiger partial charge >= 0.3 is 12.0 Å². The Labute approximate surface area is 112 Å². The SMILES string of the molecule is Cc1c(Br)cccc1NC(=O)NCC(O)C(=O)O. The van der Waals surface area contributed by atoms with Crippen LogP contribution >= 0.6 is 15.9 Å². The monoisotopic (exact) mass is 316 g/mol. The minimum Gasteiger partial charge on any atom is -0.479 e. The van der Waals surface area contributed by atoms with E-state index in [-0.39, 0.29) is 6.54 Å². The number of aliphatic carboxylic acids is 1. The molecule has 0 spiro atoms. The van der Waals surface area contributed by atoms with Crippen LogP contribution < -0.4 is 10.6 Å². The minimum atomic E-state index is -1.61. The van der Waals surface area contributed by atoms with Crippen LogP contribution in [0.5, 0.6) is 0 Å². The molecule has 0 saturated heterocycles. The van der Waals surface area contributed by atoms with E-state index in [0.717, 1.165) is 10.0 Å². The normalized spacial score (nSPS) is 11.7. The summed E-state index contributed by atoms with van der Waals surface area (Å²) in [7, 11) is 0. The number of benzene rings is 1. The minimum absolute atomic E-state index is 0.353. The number of aliphatic hydroxyl groups excluding tert-OH is 1. The zero-order valence-electron chi connectivity index (χ0n) is 9.61. The highest BCUT2D eigenvalue weighted by molar-refractivity contribution is 9.10. The number of carboxylic acids is 1. The maximum absolute atomic E-state index is 11.5. The lowest BCUT2D eigenvalue weighted by Gasteiger charge is -2.11.